The van der Waals surface area contributed by atoms with Crippen LogP contribution in [0.3, 0.4) is 0 Å². The van der Waals surface area contributed by atoms with Gasteiger partial charge in [-0.25, -0.2) is 0 Å². The molecule has 0 bridgehead atoms. The first-order valence-electron chi connectivity index (χ1n) is 7.26. The van der Waals surface area contributed by atoms with Crippen LogP contribution in [0.25, 0.3) is 11.3 Å². The number of thioether (sulfide) groups is 1. The zero-order chi connectivity index (χ0) is 15.6. The number of aromatic amines is 1. The molecule has 0 fully saturated rings. The third-order valence-electron chi connectivity index (χ3n) is 3.73. The van der Waals surface area contributed by atoms with Crippen molar-refractivity contribution in [1.82, 2.24) is 15.2 Å². The maximum Gasteiger partial charge on any atom is 0.243 e. The van der Waals surface area contributed by atoms with Gasteiger partial charge in [0.25, 0.3) is 0 Å². The van der Waals surface area contributed by atoms with Gasteiger partial charge in [-0.05, 0) is 41.3 Å². The van der Waals surface area contributed by atoms with Crippen molar-refractivity contribution in [2.75, 3.05) is 11.1 Å². The van der Waals surface area contributed by atoms with Crippen molar-refractivity contribution in [2.45, 2.75) is 11.7 Å². The summed E-state index contributed by atoms with van der Waals surface area (Å²) in [5.74, 6) is 1.51. The number of nitrogens with one attached hydrogen (secondary N) is 2. The van der Waals surface area contributed by atoms with Crippen molar-refractivity contribution in [3.05, 3.63) is 52.5 Å². The van der Waals surface area contributed by atoms with Gasteiger partial charge in [0.05, 0.1) is 5.69 Å². The second-order valence-electron chi connectivity index (χ2n) is 5.19. The minimum atomic E-state index is -0.147. The Hall–Kier alpha value is -2.12. The Morgan fingerprint density at radius 3 is 3.04 bits per heavy atom. The highest BCUT2D eigenvalue weighted by atomic mass is 32.2. The van der Waals surface area contributed by atoms with Crippen molar-refractivity contribution >= 4 is 34.8 Å². The van der Waals surface area contributed by atoms with Crippen molar-refractivity contribution in [1.29, 1.82) is 0 Å². The normalized spacial score (nSPS) is 16.8. The van der Waals surface area contributed by atoms with E-state index in [1.807, 2.05) is 18.2 Å². The lowest BCUT2D eigenvalue weighted by molar-refractivity contribution is -0.115. The van der Waals surface area contributed by atoms with Gasteiger partial charge in [0.2, 0.25) is 5.91 Å². The van der Waals surface area contributed by atoms with E-state index in [2.05, 4.69) is 31.9 Å². The number of aromatic nitrogens is 3. The van der Waals surface area contributed by atoms with E-state index in [0.29, 0.717) is 5.82 Å². The van der Waals surface area contributed by atoms with E-state index >= 15 is 0 Å². The van der Waals surface area contributed by atoms with Gasteiger partial charge >= 0.3 is 0 Å². The number of carbonyl (C=O) groups is 1. The highest BCUT2D eigenvalue weighted by Crippen LogP contribution is 2.39. The van der Waals surface area contributed by atoms with Crippen molar-refractivity contribution < 1.29 is 4.79 Å². The van der Waals surface area contributed by atoms with Gasteiger partial charge in [-0.3, -0.25) is 14.9 Å². The van der Waals surface area contributed by atoms with E-state index in [-0.39, 0.29) is 11.2 Å². The van der Waals surface area contributed by atoms with Gasteiger partial charge in [0.1, 0.15) is 5.25 Å². The van der Waals surface area contributed by atoms with E-state index < -0.39 is 0 Å². The molecule has 1 atom stereocenters. The fourth-order valence-electron chi connectivity index (χ4n) is 2.62. The lowest BCUT2D eigenvalue weighted by Gasteiger charge is -2.20. The quantitative estimate of drug-likeness (QED) is 0.764. The summed E-state index contributed by atoms with van der Waals surface area (Å²) in [6, 6.07) is 7.69. The third kappa shape index (κ3) is 2.89. The minimum absolute atomic E-state index is 0.0119. The molecular weight excluding hydrogens is 328 g/mol. The zero-order valence-corrected chi connectivity index (χ0v) is 13.8. The van der Waals surface area contributed by atoms with Crippen LogP contribution in [-0.4, -0.2) is 26.8 Å². The number of fused-ring (bicyclic) bond motifs is 1. The Bertz CT molecular complexity index is 827. The fourth-order valence-corrected chi connectivity index (χ4v) is 4.91. The number of pyridine rings is 1. The number of thiophene rings is 1. The predicted molar refractivity (Wildman–Crippen MR) is 93.7 cm³/mol. The number of hydrogen-bond donors (Lipinski definition) is 2. The van der Waals surface area contributed by atoms with Gasteiger partial charge < -0.3 is 5.32 Å². The van der Waals surface area contributed by atoms with Crippen molar-refractivity contribution in [2.24, 2.45) is 0 Å². The standard InChI is InChI=1S/C16H14N4OS2/c21-16(15-11-3-7-22-13(11)4-8-23-15)18-14-9-12(19-20-14)10-1-5-17-6-2-10/h1-3,5-7,9,15H,4,8H2,(H2,18,19,20,21)/t15-/m1/s1. The second kappa shape index (κ2) is 6.17. The summed E-state index contributed by atoms with van der Waals surface area (Å²) in [5.41, 5.74) is 2.99. The molecule has 1 aliphatic rings. The van der Waals surface area contributed by atoms with E-state index in [9.17, 15) is 4.79 Å². The minimum Gasteiger partial charge on any atom is -0.308 e. The van der Waals surface area contributed by atoms with Crippen LogP contribution in [0, 0.1) is 0 Å². The molecule has 1 amide bonds. The van der Waals surface area contributed by atoms with Crippen LogP contribution in [0.1, 0.15) is 15.7 Å². The molecule has 4 rings (SSSR count). The summed E-state index contributed by atoms with van der Waals surface area (Å²) in [5, 5.41) is 12.0. The molecule has 0 aliphatic carbocycles. The van der Waals surface area contributed by atoms with Crippen molar-refractivity contribution in [3.8, 4) is 11.3 Å². The summed E-state index contributed by atoms with van der Waals surface area (Å²) < 4.78 is 0. The van der Waals surface area contributed by atoms with Crippen LogP contribution in [0.2, 0.25) is 0 Å². The molecule has 1 aliphatic heterocycles. The maximum absolute atomic E-state index is 12.6. The monoisotopic (exact) mass is 342 g/mol. The first-order chi connectivity index (χ1) is 11.3. The molecule has 2 N–H and O–H groups in total. The SMILES string of the molecule is O=C(Nc1cc(-c2ccncc2)[nH]n1)[C@@H]1SCCc2sccc21. The summed E-state index contributed by atoms with van der Waals surface area (Å²) in [6.07, 6.45) is 4.51. The zero-order valence-electron chi connectivity index (χ0n) is 12.2. The smallest absolute Gasteiger partial charge is 0.243 e. The van der Waals surface area contributed by atoms with Gasteiger partial charge in [0, 0.05) is 28.9 Å². The van der Waals surface area contributed by atoms with Crippen LogP contribution in [0.5, 0.6) is 0 Å². The summed E-state index contributed by atoms with van der Waals surface area (Å²) in [7, 11) is 0. The molecule has 0 saturated carbocycles. The number of nitrogens with zero attached hydrogens (tertiary/aromatic N) is 2. The summed E-state index contributed by atoms with van der Waals surface area (Å²) in [6.45, 7) is 0. The fraction of sp³-hybridized carbons (Fsp3) is 0.188. The molecule has 3 aromatic heterocycles. The highest BCUT2D eigenvalue weighted by Gasteiger charge is 2.28. The third-order valence-corrected chi connectivity index (χ3v) is 5.97. The Morgan fingerprint density at radius 2 is 2.17 bits per heavy atom. The number of hydrogen-bond acceptors (Lipinski definition) is 5. The first-order valence-corrected chi connectivity index (χ1v) is 9.18. The molecule has 116 valence electrons. The number of carbonyl (C=O) groups excluding carboxylic acids is 1. The van der Waals surface area contributed by atoms with Crippen LogP contribution in [-0.2, 0) is 11.2 Å². The van der Waals surface area contributed by atoms with Crippen molar-refractivity contribution in [3.63, 3.8) is 0 Å². The molecular formula is C16H14N4OS2. The van der Waals surface area contributed by atoms with E-state index in [4.69, 9.17) is 0 Å². The lowest BCUT2D eigenvalue weighted by Crippen LogP contribution is -2.22. The van der Waals surface area contributed by atoms with E-state index in [0.717, 1.165) is 29.0 Å². The van der Waals surface area contributed by atoms with Crippen LogP contribution in [0.15, 0.2) is 42.0 Å². The largest absolute Gasteiger partial charge is 0.308 e. The van der Waals surface area contributed by atoms with Gasteiger partial charge in [0.15, 0.2) is 5.82 Å². The molecule has 4 heterocycles. The molecule has 0 aromatic carbocycles. The van der Waals surface area contributed by atoms with Gasteiger partial charge in [-0.15, -0.1) is 23.1 Å². The lowest BCUT2D eigenvalue weighted by atomic mass is 10.1. The molecule has 23 heavy (non-hydrogen) atoms. The van der Waals surface area contributed by atoms with Crippen LogP contribution < -0.4 is 5.32 Å². The van der Waals surface area contributed by atoms with Gasteiger partial charge in [-0.1, -0.05) is 0 Å². The Morgan fingerprint density at radius 1 is 1.30 bits per heavy atom. The highest BCUT2D eigenvalue weighted by molar-refractivity contribution is 8.00. The van der Waals surface area contributed by atoms with Gasteiger partial charge in [-0.2, -0.15) is 5.10 Å². The average molecular weight is 342 g/mol. The topological polar surface area (TPSA) is 70.7 Å². The maximum atomic E-state index is 12.6. The average Bonchev–Trinajstić information content (AvgIpc) is 3.24. The van der Waals surface area contributed by atoms with E-state index in [1.54, 1.807) is 35.5 Å². The Balaban J connectivity index is 1.51. The summed E-state index contributed by atoms with van der Waals surface area (Å²) >= 11 is 3.42. The molecule has 0 unspecified atom stereocenters. The van der Waals surface area contributed by atoms with E-state index in [1.165, 1.54) is 4.88 Å². The number of aryl methyl sites for hydroxylation is 1. The van der Waals surface area contributed by atoms with Crippen LogP contribution >= 0.6 is 23.1 Å². The first kappa shape index (κ1) is 14.5. The molecule has 0 radical (unpaired) electrons. The number of anilines is 1. The molecule has 0 saturated heterocycles. The number of amides is 1. The Kier molecular flexibility index (Phi) is 3.88. The van der Waals surface area contributed by atoms with Crippen LogP contribution in [0.4, 0.5) is 5.82 Å². The molecule has 5 nitrogen and oxygen atoms in total. The number of H-pyrrole nitrogens is 1. The predicted octanol–water partition coefficient (Wildman–Crippen LogP) is 3.50. The molecule has 0 spiro atoms. The molecule has 3 aromatic rings. The Labute approximate surface area is 141 Å². The summed E-state index contributed by atoms with van der Waals surface area (Å²) in [4.78, 5) is 17.9. The second-order valence-corrected chi connectivity index (χ2v) is 7.41. The number of rotatable bonds is 3. The molecule has 7 heteroatoms.